The Hall–Kier alpha value is -2.69. The highest BCUT2D eigenvalue weighted by molar-refractivity contribution is 7.92. The van der Waals surface area contributed by atoms with Crippen molar-refractivity contribution in [2.75, 3.05) is 37.9 Å². The molecule has 2 aromatic rings. The van der Waals surface area contributed by atoms with Gasteiger partial charge in [0.25, 0.3) is 0 Å². The number of amides is 2. The van der Waals surface area contributed by atoms with Gasteiger partial charge in [0.15, 0.2) is 0 Å². The molecule has 0 spiro atoms. The summed E-state index contributed by atoms with van der Waals surface area (Å²) in [5.41, 5.74) is 0.582. The first-order valence-corrected chi connectivity index (χ1v) is 13.2. The summed E-state index contributed by atoms with van der Waals surface area (Å²) in [6.45, 7) is 2.96. The summed E-state index contributed by atoms with van der Waals surface area (Å²) < 4.78 is 36.9. The molecule has 1 N–H and O–H groups in total. The first-order chi connectivity index (χ1) is 16.4. The Balaban J connectivity index is 2.51. The number of anilines is 1. The fourth-order valence-corrected chi connectivity index (χ4v) is 4.71. The van der Waals surface area contributed by atoms with Crippen LogP contribution in [0.3, 0.4) is 0 Å². The molecule has 0 aliphatic carbocycles. The number of hydrogen-bond acceptors (Lipinski definition) is 6. The Morgan fingerprint density at radius 2 is 1.71 bits per heavy atom. The maximum absolute atomic E-state index is 13.6. The molecule has 0 aromatic heterocycles. The van der Waals surface area contributed by atoms with E-state index in [1.807, 2.05) is 0 Å². The number of rotatable bonds is 11. The second-order valence-corrected chi connectivity index (χ2v) is 10.3. The number of hydrogen-bond donors (Lipinski definition) is 1. The number of carbonyl (C=O) groups excluding carboxylic acids is 2. The molecule has 0 radical (unpaired) electrons. The molecule has 192 valence electrons. The molecule has 0 aliphatic rings. The molecule has 0 fully saturated rings. The summed E-state index contributed by atoms with van der Waals surface area (Å²) in [6.07, 6.45) is 0.979. The molecule has 2 rings (SSSR count). The lowest BCUT2D eigenvalue weighted by atomic mass is 10.1. The highest BCUT2D eigenvalue weighted by Gasteiger charge is 2.31. The maximum atomic E-state index is 13.6. The van der Waals surface area contributed by atoms with Crippen molar-refractivity contribution in [3.8, 4) is 11.5 Å². The van der Waals surface area contributed by atoms with E-state index >= 15 is 0 Å². The van der Waals surface area contributed by atoms with Gasteiger partial charge in [0.1, 0.15) is 24.1 Å². The van der Waals surface area contributed by atoms with Gasteiger partial charge in [0.05, 0.1) is 26.2 Å². The van der Waals surface area contributed by atoms with E-state index in [0.717, 1.165) is 10.6 Å². The molecule has 0 unspecified atom stereocenters. The standard InChI is InChI=1S/C23H29Cl2N3O6S/c1-6-26-23(30)15(2)27(13-17-18(24)8-7-9-19(17)25)22(29)14-28(35(5,31)32)20-11-10-16(33-3)12-21(20)34-4/h7-12,15H,6,13-14H2,1-5H3,(H,26,30)/t15-/m1/s1. The molecule has 9 nitrogen and oxygen atoms in total. The zero-order valence-corrected chi connectivity index (χ0v) is 22.5. The van der Waals surface area contributed by atoms with Crippen LogP contribution in [0.4, 0.5) is 5.69 Å². The molecule has 0 aliphatic heterocycles. The average molecular weight is 546 g/mol. The van der Waals surface area contributed by atoms with Gasteiger partial charge in [0, 0.05) is 34.8 Å². The average Bonchev–Trinajstić information content (AvgIpc) is 2.81. The van der Waals surface area contributed by atoms with Crippen molar-refractivity contribution in [2.24, 2.45) is 0 Å². The third-order valence-corrected chi connectivity index (χ3v) is 7.08. The second-order valence-electron chi connectivity index (χ2n) is 7.60. The van der Waals surface area contributed by atoms with Crippen LogP contribution in [0.2, 0.25) is 10.0 Å². The lowest BCUT2D eigenvalue weighted by Crippen LogP contribution is -2.51. The van der Waals surface area contributed by atoms with Crippen LogP contribution < -0.4 is 19.1 Å². The van der Waals surface area contributed by atoms with E-state index in [0.29, 0.717) is 27.9 Å². The molecular weight excluding hydrogens is 517 g/mol. The van der Waals surface area contributed by atoms with Gasteiger partial charge < -0.3 is 19.7 Å². The molecule has 35 heavy (non-hydrogen) atoms. The van der Waals surface area contributed by atoms with Gasteiger partial charge in [-0.05, 0) is 38.1 Å². The van der Waals surface area contributed by atoms with Crippen LogP contribution in [0.15, 0.2) is 36.4 Å². The van der Waals surface area contributed by atoms with E-state index in [1.165, 1.54) is 31.3 Å². The monoisotopic (exact) mass is 545 g/mol. The SMILES string of the molecule is CCNC(=O)[C@@H](C)N(Cc1c(Cl)cccc1Cl)C(=O)CN(c1ccc(OC)cc1OC)S(C)(=O)=O. The van der Waals surface area contributed by atoms with Crippen LogP contribution in [-0.2, 0) is 26.2 Å². The van der Waals surface area contributed by atoms with Crippen molar-refractivity contribution >= 4 is 50.7 Å². The molecule has 0 heterocycles. The molecule has 12 heteroatoms. The molecule has 2 aromatic carbocycles. The van der Waals surface area contributed by atoms with E-state index in [1.54, 1.807) is 38.1 Å². The highest BCUT2D eigenvalue weighted by atomic mass is 35.5. The van der Waals surface area contributed by atoms with Gasteiger partial charge in [-0.15, -0.1) is 0 Å². The maximum Gasteiger partial charge on any atom is 0.244 e. The predicted molar refractivity (Wildman–Crippen MR) is 137 cm³/mol. The van der Waals surface area contributed by atoms with Crippen LogP contribution >= 0.6 is 23.2 Å². The third kappa shape index (κ3) is 7.16. The minimum atomic E-state index is -3.93. The number of nitrogens with one attached hydrogen (secondary N) is 1. The Bertz CT molecular complexity index is 1160. The van der Waals surface area contributed by atoms with Crippen molar-refractivity contribution < 1.29 is 27.5 Å². The zero-order chi connectivity index (χ0) is 26.3. The fraction of sp³-hybridized carbons (Fsp3) is 0.391. The number of benzene rings is 2. The molecule has 1 atom stereocenters. The van der Waals surface area contributed by atoms with Crippen molar-refractivity contribution in [3.05, 3.63) is 52.0 Å². The Labute approximate surface area is 215 Å². The molecule has 0 bridgehead atoms. The van der Waals surface area contributed by atoms with Crippen molar-refractivity contribution in [1.29, 1.82) is 0 Å². The fourth-order valence-electron chi connectivity index (χ4n) is 3.34. The first-order valence-electron chi connectivity index (χ1n) is 10.6. The smallest absolute Gasteiger partial charge is 0.244 e. The van der Waals surface area contributed by atoms with Crippen LogP contribution in [0.1, 0.15) is 19.4 Å². The van der Waals surface area contributed by atoms with Crippen molar-refractivity contribution in [2.45, 2.75) is 26.4 Å². The number of sulfonamides is 1. The van der Waals surface area contributed by atoms with E-state index in [-0.39, 0.29) is 18.0 Å². The number of carbonyl (C=O) groups is 2. The quantitative estimate of drug-likeness (QED) is 0.464. The van der Waals surface area contributed by atoms with Gasteiger partial charge in [-0.2, -0.15) is 0 Å². The Morgan fingerprint density at radius 3 is 2.23 bits per heavy atom. The van der Waals surface area contributed by atoms with Crippen molar-refractivity contribution in [1.82, 2.24) is 10.2 Å². The highest BCUT2D eigenvalue weighted by Crippen LogP contribution is 2.34. The second kappa shape index (κ2) is 12.3. The van der Waals surface area contributed by atoms with E-state index in [4.69, 9.17) is 32.7 Å². The lowest BCUT2D eigenvalue weighted by molar-refractivity contribution is -0.139. The zero-order valence-electron chi connectivity index (χ0n) is 20.2. The Kier molecular flexibility index (Phi) is 10.1. The largest absolute Gasteiger partial charge is 0.497 e. The summed E-state index contributed by atoms with van der Waals surface area (Å²) >= 11 is 12.6. The van der Waals surface area contributed by atoms with Crippen LogP contribution in [0.25, 0.3) is 0 Å². The van der Waals surface area contributed by atoms with Crippen molar-refractivity contribution in [3.63, 3.8) is 0 Å². The van der Waals surface area contributed by atoms with Crippen LogP contribution in [0.5, 0.6) is 11.5 Å². The summed E-state index contributed by atoms with van der Waals surface area (Å²) in [5, 5.41) is 3.31. The summed E-state index contributed by atoms with van der Waals surface area (Å²) in [5.74, 6) is -0.398. The van der Waals surface area contributed by atoms with E-state index < -0.39 is 34.4 Å². The van der Waals surface area contributed by atoms with E-state index in [2.05, 4.69) is 5.32 Å². The topological polar surface area (TPSA) is 105 Å². The minimum Gasteiger partial charge on any atom is -0.497 e. The van der Waals surface area contributed by atoms with Gasteiger partial charge in [0.2, 0.25) is 21.8 Å². The number of ether oxygens (including phenoxy) is 2. The number of halogens is 2. The number of likely N-dealkylation sites (N-methyl/N-ethyl adjacent to an activating group) is 1. The molecule has 0 saturated carbocycles. The van der Waals surface area contributed by atoms with E-state index in [9.17, 15) is 18.0 Å². The minimum absolute atomic E-state index is 0.104. The van der Waals surface area contributed by atoms with Gasteiger partial charge in [-0.3, -0.25) is 13.9 Å². The molecule has 0 saturated heterocycles. The van der Waals surface area contributed by atoms with Gasteiger partial charge >= 0.3 is 0 Å². The normalized spacial score (nSPS) is 12.0. The van der Waals surface area contributed by atoms with Crippen LogP contribution in [0, 0.1) is 0 Å². The summed E-state index contributed by atoms with van der Waals surface area (Å²) in [4.78, 5) is 27.4. The number of methoxy groups -OCH3 is 2. The van der Waals surface area contributed by atoms with Gasteiger partial charge in [-0.25, -0.2) is 8.42 Å². The summed E-state index contributed by atoms with van der Waals surface area (Å²) in [7, 11) is -1.09. The summed E-state index contributed by atoms with van der Waals surface area (Å²) in [6, 6.07) is 8.51. The first kappa shape index (κ1) is 28.5. The Morgan fingerprint density at radius 1 is 1.09 bits per heavy atom. The van der Waals surface area contributed by atoms with Gasteiger partial charge in [-0.1, -0.05) is 29.3 Å². The third-order valence-electron chi connectivity index (χ3n) is 5.24. The predicted octanol–water partition coefficient (Wildman–Crippen LogP) is 3.33. The van der Waals surface area contributed by atoms with Crippen LogP contribution in [-0.4, -0.2) is 64.7 Å². The molecule has 2 amide bonds. The molecular formula is C23H29Cl2N3O6S. The lowest BCUT2D eigenvalue weighted by Gasteiger charge is -2.32. The number of nitrogens with zero attached hydrogens (tertiary/aromatic N) is 2.